The molecular formula is C27H34N2O5. The van der Waals surface area contributed by atoms with Gasteiger partial charge >= 0.3 is 0 Å². The minimum atomic E-state index is -0.721. The Labute approximate surface area is 201 Å². The number of aliphatic hydroxyl groups excluding tert-OH is 1. The van der Waals surface area contributed by atoms with Gasteiger partial charge < -0.3 is 24.4 Å². The average molecular weight is 467 g/mol. The summed E-state index contributed by atoms with van der Waals surface area (Å²) in [5.41, 5.74) is 1.27. The molecule has 1 saturated heterocycles. The molecule has 2 aromatic carbocycles. The predicted molar refractivity (Wildman–Crippen MR) is 132 cm³/mol. The fourth-order valence-electron chi connectivity index (χ4n) is 4.06. The summed E-state index contributed by atoms with van der Waals surface area (Å²) < 4.78 is 11.6. The van der Waals surface area contributed by atoms with Gasteiger partial charge in [0.05, 0.1) is 24.8 Å². The van der Waals surface area contributed by atoms with Gasteiger partial charge in [-0.3, -0.25) is 9.59 Å². The van der Waals surface area contributed by atoms with E-state index in [-0.39, 0.29) is 11.3 Å². The van der Waals surface area contributed by atoms with Gasteiger partial charge in [0.15, 0.2) is 11.5 Å². The summed E-state index contributed by atoms with van der Waals surface area (Å²) in [4.78, 5) is 29.8. The first-order valence-electron chi connectivity index (χ1n) is 11.8. The molecule has 34 heavy (non-hydrogen) atoms. The van der Waals surface area contributed by atoms with Gasteiger partial charge in [-0.1, -0.05) is 43.3 Å². The number of benzene rings is 2. The maximum atomic E-state index is 13.2. The number of hydrogen-bond donors (Lipinski definition) is 1. The molecule has 0 radical (unpaired) electrons. The van der Waals surface area contributed by atoms with Crippen molar-refractivity contribution in [3.05, 3.63) is 65.2 Å². The van der Waals surface area contributed by atoms with Crippen LogP contribution in [0.15, 0.2) is 54.1 Å². The van der Waals surface area contributed by atoms with Crippen LogP contribution in [0.2, 0.25) is 0 Å². The molecule has 182 valence electrons. The second-order valence-electron chi connectivity index (χ2n) is 8.50. The summed E-state index contributed by atoms with van der Waals surface area (Å²) in [6, 6.07) is 13.6. The topological polar surface area (TPSA) is 79.3 Å². The van der Waals surface area contributed by atoms with E-state index in [0.29, 0.717) is 48.8 Å². The van der Waals surface area contributed by atoms with Crippen LogP contribution in [0.1, 0.15) is 43.9 Å². The minimum Gasteiger partial charge on any atom is -0.507 e. The molecule has 1 fully saturated rings. The van der Waals surface area contributed by atoms with Crippen LogP contribution in [-0.4, -0.2) is 67.0 Å². The summed E-state index contributed by atoms with van der Waals surface area (Å²) in [5, 5.41) is 11.1. The van der Waals surface area contributed by atoms with Gasteiger partial charge in [-0.2, -0.15) is 0 Å². The number of aliphatic hydroxyl groups is 1. The highest BCUT2D eigenvalue weighted by molar-refractivity contribution is 6.46. The summed E-state index contributed by atoms with van der Waals surface area (Å²) in [6.07, 6.45) is 1.55. The van der Waals surface area contributed by atoms with Crippen LogP contribution in [0.5, 0.6) is 11.5 Å². The number of nitrogens with zero attached hydrogens (tertiary/aromatic N) is 2. The number of hydrogen-bond acceptors (Lipinski definition) is 6. The van der Waals surface area contributed by atoms with Crippen molar-refractivity contribution in [2.24, 2.45) is 0 Å². The minimum absolute atomic E-state index is 0.0886. The van der Waals surface area contributed by atoms with E-state index in [9.17, 15) is 14.7 Å². The van der Waals surface area contributed by atoms with E-state index in [1.807, 2.05) is 51.0 Å². The van der Waals surface area contributed by atoms with Crippen molar-refractivity contribution in [3.8, 4) is 11.5 Å². The van der Waals surface area contributed by atoms with Gasteiger partial charge in [0, 0.05) is 12.1 Å². The van der Waals surface area contributed by atoms with E-state index in [2.05, 4.69) is 0 Å². The number of ether oxygens (including phenoxy) is 2. The zero-order valence-corrected chi connectivity index (χ0v) is 20.4. The number of likely N-dealkylation sites (tertiary alicyclic amines) is 1. The normalized spacial score (nSPS) is 17.4. The Kier molecular flexibility index (Phi) is 8.71. The summed E-state index contributed by atoms with van der Waals surface area (Å²) in [5.74, 6) is -0.304. The quantitative estimate of drug-likeness (QED) is 0.303. The van der Waals surface area contributed by atoms with Crippen molar-refractivity contribution in [2.45, 2.75) is 32.7 Å². The number of carbonyl (C=O) groups is 2. The third-order valence-corrected chi connectivity index (χ3v) is 5.64. The molecule has 3 rings (SSSR count). The lowest BCUT2D eigenvalue weighted by molar-refractivity contribution is -0.139. The zero-order chi connectivity index (χ0) is 24.7. The van der Waals surface area contributed by atoms with Crippen LogP contribution in [-0.2, 0) is 9.59 Å². The molecule has 1 unspecified atom stereocenters. The summed E-state index contributed by atoms with van der Waals surface area (Å²) in [7, 11) is 3.93. The fraction of sp³-hybridized carbons (Fsp3) is 0.407. The van der Waals surface area contributed by atoms with Crippen LogP contribution in [0.4, 0.5) is 0 Å². The number of ketones is 1. The molecule has 1 aliphatic rings. The summed E-state index contributed by atoms with van der Waals surface area (Å²) >= 11 is 0. The predicted octanol–water partition coefficient (Wildman–Crippen LogP) is 4.25. The first-order chi connectivity index (χ1) is 16.4. The first kappa shape index (κ1) is 25.3. The Hall–Kier alpha value is -3.32. The van der Waals surface area contributed by atoms with Crippen molar-refractivity contribution in [2.75, 3.05) is 40.4 Å². The summed E-state index contributed by atoms with van der Waals surface area (Å²) in [6.45, 7) is 6.06. The Balaban J connectivity index is 2.11. The van der Waals surface area contributed by atoms with E-state index in [1.54, 1.807) is 35.2 Å². The van der Waals surface area contributed by atoms with Crippen LogP contribution in [0, 0.1) is 0 Å². The Morgan fingerprint density at radius 2 is 1.76 bits per heavy atom. The third kappa shape index (κ3) is 5.59. The highest BCUT2D eigenvalue weighted by atomic mass is 16.5. The smallest absolute Gasteiger partial charge is 0.295 e. The van der Waals surface area contributed by atoms with Gasteiger partial charge in [0.25, 0.3) is 11.7 Å². The molecule has 7 nitrogen and oxygen atoms in total. The van der Waals surface area contributed by atoms with Gasteiger partial charge in [0.2, 0.25) is 0 Å². The lowest BCUT2D eigenvalue weighted by Gasteiger charge is -2.26. The molecule has 1 amide bonds. The Morgan fingerprint density at radius 1 is 1.03 bits per heavy atom. The van der Waals surface area contributed by atoms with E-state index in [1.165, 1.54) is 0 Å². The van der Waals surface area contributed by atoms with Crippen molar-refractivity contribution in [1.29, 1.82) is 0 Å². The van der Waals surface area contributed by atoms with Crippen LogP contribution in [0.25, 0.3) is 5.76 Å². The molecule has 1 N–H and O–H groups in total. The molecule has 7 heteroatoms. The molecule has 1 aliphatic heterocycles. The largest absolute Gasteiger partial charge is 0.507 e. The van der Waals surface area contributed by atoms with Gasteiger partial charge in [-0.15, -0.1) is 0 Å². The number of Topliss-reactive ketones (excluding diaryl/α,β-unsaturated/α-hetero) is 1. The monoisotopic (exact) mass is 466 g/mol. The SMILES string of the molecule is CCCOc1ccc(C2/C(=C(\O)c3ccccc3)C(=O)C(=O)N2CCCN(C)C)cc1OCC. The molecule has 0 aliphatic carbocycles. The number of amides is 1. The van der Waals surface area contributed by atoms with Crippen molar-refractivity contribution in [1.82, 2.24) is 9.80 Å². The second kappa shape index (κ2) is 11.7. The molecule has 0 bridgehead atoms. The highest BCUT2D eigenvalue weighted by Gasteiger charge is 2.46. The first-order valence-corrected chi connectivity index (χ1v) is 11.8. The molecule has 0 spiro atoms. The van der Waals surface area contributed by atoms with Crippen LogP contribution in [0.3, 0.4) is 0 Å². The van der Waals surface area contributed by atoms with E-state index < -0.39 is 17.7 Å². The van der Waals surface area contributed by atoms with Crippen LogP contribution < -0.4 is 9.47 Å². The van der Waals surface area contributed by atoms with Gasteiger partial charge in [-0.25, -0.2) is 0 Å². The fourth-order valence-corrected chi connectivity index (χ4v) is 4.06. The molecule has 0 saturated carbocycles. The number of rotatable bonds is 11. The maximum Gasteiger partial charge on any atom is 0.295 e. The Bertz CT molecular complexity index is 1030. The van der Waals surface area contributed by atoms with E-state index >= 15 is 0 Å². The standard InChI is InChI=1S/C27H34N2O5/c1-5-17-34-21-14-13-20(18-22(21)33-6-2)24-23(25(30)19-11-8-7-9-12-19)26(31)27(32)29(24)16-10-15-28(3)4/h7-9,11-14,18,24,30H,5-6,10,15-17H2,1-4H3/b25-23+. The van der Waals surface area contributed by atoms with Crippen molar-refractivity contribution >= 4 is 17.4 Å². The third-order valence-electron chi connectivity index (χ3n) is 5.64. The second-order valence-corrected chi connectivity index (χ2v) is 8.50. The molecular weight excluding hydrogens is 432 g/mol. The van der Waals surface area contributed by atoms with Gasteiger partial charge in [-0.05, 0) is 58.1 Å². The number of carbonyl (C=O) groups excluding carboxylic acids is 2. The lowest BCUT2D eigenvalue weighted by Crippen LogP contribution is -2.32. The molecule has 1 atom stereocenters. The average Bonchev–Trinajstić information content (AvgIpc) is 3.08. The lowest BCUT2D eigenvalue weighted by atomic mass is 9.95. The molecule has 1 heterocycles. The van der Waals surface area contributed by atoms with E-state index in [0.717, 1.165) is 13.0 Å². The highest BCUT2D eigenvalue weighted by Crippen LogP contribution is 2.42. The maximum absolute atomic E-state index is 13.2. The van der Waals surface area contributed by atoms with E-state index in [4.69, 9.17) is 9.47 Å². The zero-order valence-electron chi connectivity index (χ0n) is 20.4. The molecule has 0 aromatic heterocycles. The van der Waals surface area contributed by atoms with Crippen LogP contribution >= 0.6 is 0 Å². The van der Waals surface area contributed by atoms with Gasteiger partial charge in [0.1, 0.15) is 5.76 Å². The molecule has 2 aromatic rings. The van der Waals surface area contributed by atoms with Crippen molar-refractivity contribution < 1.29 is 24.2 Å². The van der Waals surface area contributed by atoms with Crippen molar-refractivity contribution in [3.63, 3.8) is 0 Å². The Morgan fingerprint density at radius 3 is 2.41 bits per heavy atom.